The molecular weight excluding hydrogens is 262 g/mol. The van der Waals surface area contributed by atoms with E-state index in [0.717, 1.165) is 6.54 Å². The molecule has 19 heavy (non-hydrogen) atoms. The highest BCUT2D eigenvalue weighted by atomic mass is 32.2. The van der Waals surface area contributed by atoms with Gasteiger partial charge in [-0.3, -0.25) is 0 Å². The third kappa shape index (κ3) is 4.02. The zero-order valence-electron chi connectivity index (χ0n) is 12.1. The van der Waals surface area contributed by atoms with Gasteiger partial charge in [-0.25, -0.2) is 18.4 Å². The van der Waals surface area contributed by atoms with Crippen molar-refractivity contribution in [3.63, 3.8) is 0 Å². The quantitative estimate of drug-likeness (QED) is 0.612. The largest absolute Gasteiger partial charge is 0.366 e. The fourth-order valence-corrected chi connectivity index (χ4v) is 2.54. The van der Waals surface area contributed by atoms with Crippen LogP contribution in [0.1, 0.15) is 25.1 Å². The van der Waals surface area contributed by atoms with Crippen LogP contribution in [0.2, 0.25) is 0 Å². The summed E-state index contributed by atoms with van der Waals surface area (Å²) in [5, 5.41) is 0.162. The van der Waals surface area contributed by atoms with Crippen molar-refractivity contribution < 1.29 is 8.42 Å². The van der Waals surface area contributed by atoms with Crippen LogP contribution in [0, 0.1) is 6.92 Å². The molecular formula is C13H21N3O2S. The first-order valence-electron chi connectivity index (χ1n) is 6.24. The van der Waals surface area contributed by atoms with E-state index in [0.29, 0.717) is 23.4 Å². The second kappa shape index (κ2) is 6.14. The molecule has 5 nitrogen and oxygen atoms in total. The fourth-order valence-electron chi connectivity index (χ4n) is 1.56. The Balaban J connectivity index is 3.28. The molecule has 0 aliphatic heterocycles. The summed E-state index contributed by atoms with van der Waals surface area (Å²) in [4.78, 5) is 10.5. The van der Waals surface area contributed by atoms with E-state index in [1.165, 1.54) is 6.26 Å². The lowest BCUT2D eigenvalue weighted by Crippen LogP contribution is -2.14. The number of nitrogens with zero attached hydrogens (tertiary/aromatic N) is 3. The minimum atomic E-state index is -3.29. The van der Waals surface area contributed by atoms with Crippen LogP contribution < -0.4 is 0 Å². The molecule has 0 amide bonds. The molecule has 6 heteroatoms. The molecule has 0 fully saturated rings. The van der Waals surface area contributed by atoms with Crippen molar-refractivity contribution >= 4 is 21.9 Å². The third-order valence-corrected chi connectivity index (χ3v) is 3.91. The smallest absolute Gasteiger partial charge is 0.193 e. The number of aryl methyl sites for hydroxylation is 2. The maximum atomic E-state index is 11.7. The number of aromatic nitrogens is 1. The lowest BCUT2D eigenvalue weighted by molar-refractivity contribution is 0.552. The normalized spacial score (nSPS) is 12.1. The zero-order chi connectivity index (χ0) is 14.6. The van der Waals surface area contributed by atoms with Gasteiger partial charge in [0.25, 0.3) is 0 Å². The Hall–Kier alpha value is -1.43. The van der Waals surface area contributed by atoms with Crippen LogP contribution in [0.3, 0.4) is 0 Å². The number of sulfone groups is 1. The molecule has 1 aromatic rings. The van der Waals surface area contributed by atoms with Crippen molar-refractivity contribution in [1.82, 2.24) is 9.88 Å². The maximum Gasteiger partial charge on any atom is 0.193 e. The Morgan fingerprint density at radius 3 is 2.53 bits per heavy atom. The number of hydrogen-bond donors (Lipinski definition) is 0. The van der Waals surface area contributed by atoms with Crippen LogP contribution in [0.4, 0.5) is 5.69 Å². The Labute approximate surface area is 115 Å². The molecule has 106 valence electrons. The summed E-state index contributed by atoms with van der Waals surface area (Å²) in [7, 11) is -1.37. The van der Waals surface area contributed by atoms with E-state index in [9.17, 15) is 8.42 Å². The van der Waals surface area contributed by atoms with Crippen molar-refractivity contribution in [2.24, 2.45) is 4.99 Å². The Morgan fingerprint density at radius 1 is 1.42 bits per heavy atom. The first kappa shape index (κ1) is 15.6. The maximum absolute atomic E-state index is 11.7. The third-order valence-electron chi connectivity index (χ3n) is 2.85. The zero-order valence-corrected chi connectivity index (χ0v) is 13.0. The Kier molecular flexibility index (Phi) is 5.05. The van der Waals surface area contributed by atoms with Gasteiger partial charge in [0, 0.05) is 19.8 Å². The number of hydrogen-bond acceptors (Lipinski definition) is 4. The molecule has 0 aliphatic rings. The van der Waals surface area contributed by atoms with Crippen molar-refractivity contribution in [1.29, 1.82) is 0 Å². The van der Waals surface area contributed by atoms with Gasteiger partial charge in [-0.15, -0.1) is 0 Å². The van der Waals surface area contributed by atoms with Gasteiger partial charge in [-0.05, 0) is 31.9 Å². The van der Waals surface area contributed by atoms with E-state index < -0.39 is 9.84 Å². The summed E-state index contributed by atoms with van der Waals surface area (Å²) in [5.41, 5.74) is 2.04. The van der Waals surface area contributed by atoms with Crippen LogP contribution in [0.5, 0.6) is 0 Å². The molecule has 0 bridgehead atoms. The van der Waals surface area contributed by atoms with Gasteiger partial charge in [0.2, 0.25) is 0 Å². The van der Waals surface area contributed by atoms with Crippen molar-refractivity contribution in [3.8, 4) is 0 Å². The lowest BCUT2D eigenvalue weighted by atomic mass is 10.2. The average Bonchev–Trinajstić information content (AvgIpc) is 2.35. The van der Waals surface area contributed by atoms with Crippen LogP contribution in [0.25, 0.3) is 0 Å². The minimum Gasteiger partial charge on any atom is -0.366 e. The molecule has 0 spiro atoms. The van der Waals surface area contributed by atoms with E-state index in [1.54, 1.807) is 19.3 Å². The highest BCUT2D eigenvalue weighted by molar-refractivity contribution is 7.90. The first-order valence-corrected chi connectivity index (χ1v) is 8.13. The monoisotopic (exact) mass is 283 g/mol. The molecule has 0 N–H and O–H groups in total. The SMILES string of the molecule is CCc1cc(/N=C/N(C)CC)c(C)nc1S(C)(=O)=O. The number of rotatable bonds is 5. The second-order valence-electron chi connectivity index (χ2n) is 4.50. The minimum absolute atomic E-state index is 0.162. The van der Waals surface area contributed by atoms with E-state index >= 15 is 0 Å². The standard InChI is InChI=1S/C13H21N3O2S/c1-6-11-8-12(14-9-16(4)7-2)10(3)15-13(11)19(5,17)18/h8-9H,6-7H2,1-5H3/b14-9+. The van der Waals surface area contributed by atoms with Crippen LogP contribution in [-0.2, 0) is 16.3 Å². The average molecular weight is 283 g/mol. The Bertz CT molecular complexity index is 580. The number of aliphatic imine (C=N–C) groups is 1. The van der Waals surface area contributed by atoms with Crippen LogP contribution in [-0.4, -0.2) is 44.5 Å². The van der Waals surface area contributed by atoms with Gasteiger partial charge in [0.1, 0.15) is 0 Å². The summed E-state index contributed by atoms with van der Waals surface area (Å²) in [6.45, 7) is 6.57. The molecule has 1 heterocycles. The highest BCUT2D eigenvalue weighted by Crippen LogP contribution is 2.23. The van der Waals surface area contributed by atoms with E-state index in [4.69, 9.17) is 0 Å². The molecule has 1 aromatic heterocycles. The summed E-state index contributed by atoms with van der Waals surface area (Å²) in [5.74, 6) is 0. The summed E-state index contributed by atoms with van der Waals surface area (Å²) in [6, 6.07) is 1.80. The van der Waals surface area contributed by atoms with Crippen molar-refractivity contribution in [3.05, 3.63) is 17.3 Å². The van der Waals surface area contributed by atoms with E-state index in [-0.39, 0.29) is 5.03 Å². The van der Waals surface area contributed by atoms with Crippen molar-refractivity contribution in [2.45, 2.75) is 32.2 Å². The number of pyridine rings is 1. The van der Waals surface area contributed by atoms with Crippen molar-refractivity contribution in [2.75, 3.05) is 19.8 Å². The van der Waals surface area contributed by atoms with Gasteiger partial charge in [0.05, 0.1) is 17.7 Å². The highest BCUT2D eigenvalue weighted by Gasteiger charge is 2.16. The lowest BCUT2D eigenvalue weighted by Gasteiger charge is -2.11. The Morgan fingerprint density at radius 2 is 2.05 bits per heavy atom. The van der Waals surface area contributed by atoms with Gasteiger partial charge >= 0.3 is 0 Å². The van der Waals surface area contributed by atoms with Crippen LogP contribution >= 0.6 is 0 Å². The second-order valence-corrected chi connectivity index (χ2v) is 6.43. The summed E-state index contributed by atoms with van der Waals surface area (Å²) in [6.07, 6.45) is 3.52. The molecule has 0 aromatic carbocycles. The topological polar surface area (TPSA) is 62.6 Å². The van der Waals surface area contributed by atoms with Crippen LogP contribution in [0.15, 0.2) is 16.1 Å². The first-order chi connectivity index (χ1) is 8.79. The fraction of sp³-hybridized carbons (Fsp3) is 0.538. The molecule has 1 rings (SSSR count). The molecule has 0 radical (unpaired) electrons. The molecule has 0 aliphatic carbocycles. The predicted molar refractivity (Wildman–Crippen MR) is 77.9 cm³/mol. The summed E-state index contributed by atoms with van der Waals surface area (Å²) >= 11 is 0. The van der Waals surface area contributed by atoms with Gasteiger partial charge in [-0.2, -0.15) is 0 Å². The van der Waals surface area contributed by atoms with E-state index in [1.807, 2.05) is 25.8 Å². The predicted octanol–water partition coefficient (Wildman–Crippen LogP) is 1.97. The molecule has 0 atom stereocenters. The van der Waals surface area contributed by atoms with Gasteiger partial charge in [-0.1, -0.05) is 6.92 Å². The van der Waals surface area contributed by atoms with Gasteiger partial charge in [0.15, 0.2) is 14.9 Å². The molecule has 0 saturated heterocycles. The molecule has 0 saturated carbocycles. The van der Waals surface area contributed by atoms with E-state index in [2.05, 4.69) is 9.98 Å². The molecule has 0 unspecified atom stereocenters. The van der Waals surface area contributed by atoms with Gasteiger partial charge < -0.3 is 4.90 Å². The summed E-state index contributed by atoms with van der Waals surface area (Å²) < 4.78 is 23.4.